The van der Waals surface area contributed by atoms with Crippen LogP contribution in [-0.2, 0) is 7.05 Å². The van der Waals surface area contributed by atoms with Crippen LogP contribution >= 0.6 is 0 Å². The van der Waals surface area contributed by atoms with E-state index in [1.165, 1.54) is 5.56 Å². The van der Waals surface area contributed by atoms with Gasteiger partial charge in [-0.3, -0.25) is 4.79 Å². The number of carbonyl (C=O) groups excluding carboxylic acids is 1. The lowest BCUT2D eigenvalue weighted by Gasteiger charge is -2.35. The highest BCUT2D eigenvalue weighted by atomic mass is 16.3. The molecule has 1 saturated heterocycles. The highest BCUT2D eigenvalue weighted by molar-refractivity contribution is 5.94. The van der Waals surface area contributed by atoms with Crippen molar-refractivity contribution < 1.29 is 9.90 Å². The van der Waals surface area contributed by atoms with Gasteiger partial charge in [0, 0.05) is 44.0 Å². The molecule has 0 spiro atoms. The number of rotatable bonds is 3. The molecule has 0 bridgehead atoms. The maximum Gasteiger partial charge on any atom is 0.253 e. The molecule has 1 aliphatic heterocycles. The lowest BCUT2D eigenvalue weighted by molar-refractivity contribution is 0.0358. The summed E-state index contributed by atoms with van der Waals surface area (Å²) in [4.78, 5) is 18.9. The largest absolute Gasteiger partial charge is 0.385 e. The van der Waals surface area contributed by atoms with Crippen LogP contribution in [0.15, 0.2) is 30.6 Å². The number of amides is 1. The number of piperidine rings is 1. The van der Waals surface area contributed by atoms with Crippen molar-refractivity contribution in [2.75, 3.05) is 13.1 Å². The predicted octanol–water partition coefficient (Wildman–Crippen LogP) is 2.62. The molecule has 5 nitrogen and oxygen atoms in total. The third kappa shape index (κ3) is 3.22. The van der Waals surface area contributed by atoms with Crippen molar-refractivity contribution in [1.29, 1.82) is 0 Å². The number of aromatic nitrogens is 2. The zero-order valence-electron chi connectivity index (χ0n) is 14.6. The van der Waals surface area contributed by atoms with Crippen molar-refractivity contribution in [2.45, 2.75) is 32.8 Å². The van der Waals surface area contributed by atoms with Crippen LogP contribution in [-0.4, -0.2) is 38.6 Å². The Morgan fingerprint density at radius 3 is 2.79 bits per heavy atom. The first-order chi connectivity index (χ1) is 11.5. The number of imidazole rings is 1. The molecule has 2 unspecified atom stereocenters. The second-order valence-electron chi connectivity index (χ2n) is 6.79. The van der Waals surface area contributed by atoms with Gasteiger partial charge in [-0.05, 0) is 49.9 Å². The minimum Gasteiger partial charge on any atom is -0.385 e. The molecule has 24 heavy (non-hydrogen) atoms. The summed E-state index contributed by atoms with van der Waals surface area (Å²) in [6.07, 6.45) is 4.70. The SMILES string of the molecule is Cc1ccc(C(=O)N2CCCC(C(O)c3nccn3C)C2)cc1C. The molecule has 5 heteroatoms. The molecule has 3 rings (SSSR count). The van der Waals surface area contributed by atoms with Crippen LogP contribution in [0.2, 0.25) is 0 Å². The topological polar surface area (TPSA) is 58.4 Å². The van der Waals surface area contributed by atoms with Crippen LogP contribution < -0.4 is 0 Å². The van der Waals surface area contributed by atoms with E-state index in [9.17, 15) is 9.90 Å². The van der Waals surface area contributed by atoms with E-state index in [1.807, 2.05) is 54.8 Å². The van der Waals surface area contributed by atoms with Gasteiger partial charge in [-0.1, -0.05) is 6.07 Å². The molecule has 1 aliphatic rings. The first kappa shape index (κ1) is 16.7. The third-order valence-corrected chi connectivity index (χ3v) is 5.07. The molecule has 2 heterocycles. The molecule has 2 aromatic rings. The van der Waals surface area contributed by atoms with Gasteiger partial charge >= 0.3 is 0 Å². The van der Waals surface area contributed by atoms with Crippen molar-refractivity contribution in [3.8, 4) is 0 Å². The van der Waals surface area contributed by atoms with Crippen molar-refractivity contribution in [2.24, 2.45) is 13.0 Å². The summed E-state index contributed by atoms with van der Waals surface area (Å²) < 4.78 is 1.84. The number of aliphatic hydroxyl groups is 1. The molecule has 1 fully saturated rings. The van der Waals surface area contributed by atoms with Gasteiger partial charge in [-0.2, -0.15) is 0 Å². The summed E-state index contributed by atoms with van der Waals surface area (Å²) in [5.41, 5.74) is 3.04. The van der Waals surface area contributed by atoms with E-state index in [0.29, 0.717) is 12.4 Å². The second kappa shape index (κ2) is 6.77. The summed E-state index contributed by atoms with van der Waals surface area (Å²) in [5.74, 6) is 0.741. The molecule has 1 amide bonds. The van der Waals surface area contributed by atoms with Gasteiger partial charge in [0.15, 0.2) is 0 Å². The Kier molecular flexibility index (Phi) is 4.71. The van der Waals surface area contributed by atoms with Crippen molar-refractivity contribution >= 4 is 5.91 Å². The van der Waals surface area contributed by atoms with E-state index in [1.54, 1.807) is 6.20 Å². The fraction of sp³-hybridized carbons (Fsp3) is 0.474. The molecule has 0 radical (unpaired) electrons. The Morgan fingerprint density at radius 2 is 2.12 bits per heavy atom. The van der Waals surface area contributed by atoms with Crippen molar-refractivity contribution in [3.05, 3.63) is 53.1 Å². The number of benzene rings is 1. The molecule has 1 aromatic carbocycles. The zero-order valence-corrected chi connectivity index (χ0v) is 14.6. The normalized spacial score (nSPS) is 19.3. The van der Waals surface area contributed by atoms with E-state index in [0.717, 1.165) is 30.5 Å². The van der Waals surface area contributed by atoms with Crippen LogP contribution in [0.1, 0.15) is 46.3 Å². The van der Waals surface area contributed by atoms with Gasteiger partial charge < -0.3 is 14.6 Å². The summed E-state index contributed by atoms with van der Waals surface area (Å²) in [6, 6.07) is 5.84. The Labute approximate surface area is 142 Å². The molecular weight excluding hydrogens is 302 g/mol. The molecule has 1 N–H and O–H groups in total. The van der Waals surface area contributed by atoms with Crippen molar-refractivity contribution in [1.82, 2.24) is 14.5 Å². The van der Waals surface area contributed by atoms with E-state index in [2.05, 4.69) is 4.98 Å². The van der Waals surface area contributed by atoms with Crippen LogP contribution in [0.4, 0.5) is 0 Å². The Balaban J connectivity index is 1.74. The fourth-order valence-electron chi connectivity index (χ4n) is 3.38. The van der Waals surface area contributed by atoms with Crippen LogP contribution in [0, 0.1) is 19.8 Å². The first-order valence-corrected chi connectivity index (χ1v) is 8.49. The maximum absolute atomic E-state index is 12.8. The molecule has 1 aromatic heterocycles. The van der Waals surface area contributed by atoms with E-state index >= 15 is 0 Å². The van der Waals surface area contributed by atoms with Crippen molar-refractivity contribution in [3.63, 3.8) is 0 Å². The number of likely N-dealkylation sites (tertiary alicyclic amines) is 1. The van der Waals surface area contributed by atoms with Crippen LogP contribution in [0.25, 0.3) is 0 Å². The number of aryl methyl sites for hydroxylation is 3. The maximum atomic E-state index is 12.8. The van der Waals surface area contributed by atoms with E-state index in [-0.39, 0.29) is 11.8 Å². The number of hydrogen-bond acceptors (Lipinski definition) is 3. The smallest absolute Gasteiger partial charge is 0.253 e. The highest BCUT2D eigenvalue weighted by Gasteiger charge is 2.31. The van der Waals surface area contributed by atoms with Gasteiger partial charge in [-0.15, -0.1) is 0 Å². The van der Waals surface area contributed by atoms with Crippen LogP contribution in [0.3, 0.4) is 0 Å². The van der Waals surface area contributed by atoms with Crippen LogP contribution in [0.5, 0.6) is 0 Å². The minimum atomic E-state index is -0.639. The highest BCUT2D eigenvalue weighted by Crippen LogP contribution is 2.29. The summed E-state index contributed by atoms with van der Waals surface area (Å²) >= 11 is 0. The molecule has 128 valence electrons. The number of carbonyl (C=O) groups is 1. The van der Waals surface area contributed by atoms with E-state index in [4.69, 9.17) is 0 Å². The Hall–Kier alpha value is -2.14. The number of aliphatic hydroxyl groups excluding tert-OH is 1. The molecule has 0 saturated carbocycles. The van der Waals surface area contributed by atoms with Gasteiger partial charge in [0.2, 0.25) is 0 Å². The summed E-state index contributed by atoms with van der Waals surface area (Å²) in [5, 5.41) is 10.6. The Morgan fingerprint density at radius 1 is 1.33 bits per heavy atom. The zero-order chi connectivity index (χ0) is 17.3. The van der Waals surface area contributed by atoms with Gasteiger partial charge in [0.05, 0.1) is 0 Å². The predicted molar refractivity (Wildman–Crippen MR) is 92.7 cm³/mol. The molecular formula is C19H25N3O2. The van der Waals surface area contributed by atoms with Gasteiger partial charge in [-0.25, -0.2) is 4.98 Å². The molecule has 0 aliphatic carbocycles. The molecule has 2 atom stereocenters. The average Bonchev–Trinajstić information content (AvgIpc) is 3.02. The van der Waals surface area contributed by atoms with Gasteiger partial charge in [0.1, 0.15) is 11.9 Å². The minimum absolute atomic E-state index is 0.0235. The fourth-order valence-corrected chi connectivity index (χ4v) is 3.38. The number of hydrogen-bond donors (Lipinski definition) is 1. The standard InChI is InChI=1S/C19H25N3O2/c1-13-6-7-15(11-14(13)2)19(24)22-9-4-5-16(12-22)17(23)18-20-8-10-21(18)3/h6-8,10-11,16-17,23H,4-5,9,12H2,1-3H3. The third-order valence-electron chi connectivity index (χ3n) is 5.07. The monoisotopic (exact) mass is 327 g/mol. The quantitative estimate of drug-likeness (QED) is 0.943. The second-order valence-corrected chi connectivity index (χ2v) is 6.79. The lowest BCUT2D eigenvalue weighted by atomic mass is 9.91. The average molecular weight is 327 g/mol. The Bertz CT molecular complexity index is 738. The van der Waals surface area contributed by atoms with Gasteiger partial charge in [0.25, 0.3) is 5.91 Å². The summed E-state index contributed by atoms with van der Waals surface area (Å²) in [7, 11) is 1.88. The first-order valence-electron chi connectivity index (χ1n) is 8.49. The number of nitrogens with zero attached hydrogens (tertiary/aromatic N) is 3. The summed E-state index contributed by atoms with van der Waals surface area (Å²) in [6.45, 7) is 5.38. The van der Waals surface area contributed by atoms with E-state index < -0.39 is 6.10 Å². The lowest BCUT2D eigenvalue weighted by Crippen LogP contribution is -2.42.